The van der Waals surface area contributed by atoms with Gasteiger partial charge < -0.3 is 4.90 Å². The molecule has 168 valence electrons. The Hall–Kier alpha value is -1.53. The van der Waals surface area contributed by atoms with Gasteiger partial charge in [-0.3, -0.25) is 4.79 Å². The van der Waals surface area contributed by atoms with Crippen molar-refractivity contribution in [2.45, 2.75) is 30.6 Å². The zero-order valence-electron chi connectivity index (χ0n) is 17.3. The van der Waals surface area contributed by atoms with Crippen LogP contribution >= 0.6 is 0 Å². The van der Waals surface area contributed by atoms with Crippen molar-refractivity contribution >= 4 is 26.1 Å². The summed E-state index contributed by atoms with van der Waals surface area (Å²) >= 11 is 0. The second kappa shape index (κ2) is 9.73. The van der Waals surface area contributed by atoms with Crippen LogP contribution in [0.3, 0.4) is 0 Å². The number of amides is 1. The fourth-order valence-corrected chi connectivity index (χ4v) is 6.56. The van der Waals surface area contributed by atoms with Crippen molar-refractivity contribution in [3.63, 3.8) is 0 Å². The average Bonchev–Trinajstić information content (AvgIpc) is 3.04. The minimum atomic E-state index is -3.75. The predicted octanol–water partition coefficient (Wildman–Crippen LogP) is 0.572. The lowest BCUT2D eigenvalue weighted by molar-refractivity contribution is -0.132. The first-order chi connectivity index (χ1) is 14.2. The molecule has 2 aliphatic heterocycles. The molecule has 9 nitrogen and oxygen atoms in total. The third-order valence-corrected chi connectivity index (χ3v) is 9.47. The van der Waals surface area contributed by atoms with Gasteiger partial charge in [-0.2, -0.15) is 21.3 Å². The molecular formula is C19H30N4O5S2. The molecule has 30 heavy (non-hydrogen) atoms. The number of hydrogen-bond donors (Lipinski definition) is 0. The normalized spacial score (nSPS) is 20.3. The molecule has 2 aliphatic rings. The summed E-state index contributed by atoms with van der Waals surface area (Å²) in [5.41, 5.74) is 0. The first-order valence-corrected chi connectivity index (χ1v) is 13.1. The summed E-state index contributed by atoms with van der Waals surface area (Å²) in [5.74, 6) is -0.330. The molecule has 1 amide bonds. The molecule has 11 heteroatoms. The Bertz CT molecular complexity index is 921. The molecule has 1 aromatic carbocycles. The van der Waals surface area contributed by atoms with Gasteiger partial charge in [0.1, 0.15) is 0 Å². The molecule has 2 heterocycles. The van der Waals surface area contributed by atoms with Gasteiger partial charge in [-0.15, -0.1) is 0 Å². The number of piperazine rings is 1. The molecular weight excluding hydrogens is 428 g/mol. The van der Waals surface area contributed by atoms with E-state index in [0.29, 0.717) is 13.1 Å². The fraction of sp³-hybridized carbons (Fsp3) is 0.632. The summed E-state index contributed by atoms with van der Waals surface area (Å²) in [6, 6.07) is 7.97. The minimum absolute atomic E-state index is 0.133. The Morgan fingerprint density at radius 2 is 1.37 bits per heavy atom. The van der Waals surface area contributed by atoms with Crippen LogP contribution < -0.4 is 0 Å². The molecule has 1 aromatic rings. The van der Waals surface area contributed by atoms with E-state index in [9.17, 15) is 21.6 Å². The Balaban J connectivity index is 1.56. The first kappa shape index (κ1) is 23.1. The third-order valence-electron chi connectivity index (χ3n) is 5.62. The Morgan fingerprint density at radius 3 is 1.93 bits per heavy atom. The second-order valence-electron chi connectivity index (χ2n) is 7.68. The van der Waals surface area contributed by atoms with E-state index in [2.05, 4.69) is 0 Å². The predicted molar refractivity (Wildman–Crippen MR) is 113 cm³/mol. The molecule has 0 saturated carbocycles. The van der Waals surface area contributed by atoms with Crippen LogP contribution in [0.1, 0.15) is 25.7 Å². The van der Waals surface area contributed by atoms with E-state index < -0.39 is 20.2 Å². The van der Waals surface area contributed by atoms with Crippen molar-refractivity contribution in [3.05, 3.63) is 30.3 Å². The number of likely N-dealkylation sites (N-methyl/N-ethyl adjacent to an activating group) is 1. The molecule has 0 radical (unpaired) electrons. The molecule has 2 saturated heterocycles. The largest absolute Gasteiger partial charge is 0.339 e. The first-order valence-electron chi connectivity index (χ1n) is 10.3. The average molecular weight is 459 g/mol. The van der Waals surface area contributed by atoms with E-state index in [-0.39, 0.29) is 43.5 Å². The summed E-state index contributed by atoms with van der Waals surface area (Å²) in [6.07, 6.45) is 3.85. The highest BCUT2D eigenvalue weighted by Gasteiger charge is 2.34. The van der Waals surface area contributed by atoms with Crippen molar-refractivity contribution in [2.24, 2.45) is 0 Å². The van der Waals surface area contributed by atoms with Gasteiger partial charge in [-0.1, -0.05) is 31.0 Å². The van der Waals surface area contributed by atoms with E-state index >= 15 is 0 Å². The van der Waals surface area contributed by atoms with E-state index in [1.54, 1.807) is 22.5 Å². The van der Waals surface area contributed by atoms with Gasteiger partial charge in [0.15, 0.2) is 0 Å². The Kier molecular flexibility index (Phi) is 7.51. The Labute approximate surface area is 179 Å². The maximum absolute atomic E-state index is 12.9. The molecule has 0 bridgehead atoms. The number of nitrogens with zero attached hydrogens (tertiary/aromatic N) is 4. The highest BCUT2D eigenvalue weighted by Crippen LogP contribution is 2.18. The summed E-state index contributed by atoms with van der Waals surface area (Å²) in [5, 5.41) is 0. The molecule has 0 aromatic heterocycles. The van der Waals surface area contributed by atoms with Gasteiger partial charge >= 0.3 is 0 Å². The lowest BCUT2D eigenvalue weighted by atomic mass is 10.2. The summed E-state index contributed by atoms with van der Waals surface area (Å²) in [7, 11) is -5.89. The van der Waals surface area contributed by atoms with Crippen LogP contribution in [-0.2, 0) is 25.0 Å². The quantitative estimate of drug-likeness (QED) is 0.621. The lowest BCUT2D eigenvalue weighted by Gasteiger charge is -2.37. The number of benzene rings is 1. The number of carbonyl (C=O) groups is 1. The van der Waals surface area contributed by atoms with Gasteiger partial charge in [-0.25, -0.2) is 8.42 Å². The minimum Gasteiger partial charge on any atom is -0.339 e. The molecule has 0 atom stereocenters. The Morgan fingerprint density at radius 1 is 0.833 bits per heavy atom. The van der Waals surface area contributed by atoms with Crippen molar-refractivity contribution in [3.8, 4) is 0 Å². The molecule has 3 rings (SSSR count). The molecule has 0 spiro atoms. The standard InChI is InChI=1S/C19H30N4O5S2/c1-20(29(25,26)18-9-5-4-6-10-18)17-19(24)21-13-15-23(16-14-21)30(27,28)22-11-7-2-3-8-12-22/h4-6,9-10H,2-3,7-8,11-17H2,1H3. The number of rotatable bonds is 6. The van der Waals surface area contributed by atoms with Crippen LogP contribution in [0.15, 0.2) is 35.2 Å². The van der Waals surface area contributed by atoms with Gasteiger partial charge in [0.25, 0.3) is 10.2 Å². The maximum Gasteiger partial charge on any atom is 0.282 e. The molecule has 0 unspecified atom stereocenters. The summed E-state index contributed by atoms with van der Waals surface area (Å²) in [6.45, 7) is 1.76. The summed E-state index contributed by atoms with van der Waals surface area (Å²) in [4.78, 5) is 14.3. The van der Waals surface area contributed by atoms with Crippen LogP contribution in [0.4, 0.5) is 0 Å². The van der Waals surface area contributed by atoms with Crippen LogP contribution in [0.2, 0.25) is 0 Å². The zero-order chi connectivity index (χ0) is 21.8. The third kappa shape index (κ3) is 5.20. The zero-order valence-corrected chi connectivity index (χ0v) is 18.9. The number of hydrogen-bond acceptors (Lipinski definition) is 5. The number of carbonyl (C=O) groups excluding carboxylic acids is 1. The highest BCUT2D eigenvalue weighted by atomic mass is 32.2. The van der Waals surface area contributed by atoms with Crippen LogP contribution in [0, 0.1) is 0 Å². The van der Waals surface area contributed by atoms with Crippen molar-refractivity contribution < 1.29 is 21.6 Å². The van der Waals surface area contributed by atoms with Crippen LogP contribution in [-0.4, -0.2) is 93.4 Å². The van der Waals surface area contributed by atoms with Gasteiger partial charge in [0.05, 0.1) is 11.4 Å². The number of sulfonamides is 1. The molecule has 0 N–H and O–H groups in total. The summed E-state index contributed by atoms with van der Waals surface area (Å²) < 4.78 is 55.0. The topological polar surface area (TPSA) is 98.3 Å². The van der Waals surface area contributed by atoms with E-state index in [4.69, 9.17) is 0 Å². The highest BCUT2D eigenvalue weighted by molar-refractivity contribution is 7.89. The SMILES string of the molecule is CN(CC(=O)N1CCN(S(=O)(=O)N2CCCCCC2)CC1)S(=O)(=O)c1ccccc1. The van der Waals surface area contributed by atoms with Crippen LogP contribution in [0.25, 0.3) is 0 Å². The van der Waals surface area contributed by atoms with E-state index in [0.717, 1.165) is 30.0 Å². The molecule has 2 fully saturated rings. The van der Waals surface area contributed by atoms with E-state index in [1.807, 2.05) is 0 Å². The smallest absolute Gasteiger partial charge is 0.282 e. The van der Waals surface area contributed by atoms with E-state index in [1.165, 1.54) is 28.4 Å². The van der Waals surface area contributed by atoms with Gasteiger partial charge in [0, 0.05) is 46.3 Å². The van der Waals surface area contributed by atoms with Crippen molar-refractivity contribution in [2.75, 3.05) is 52.9 Å². The second-order valence-corrected chi connectivity index (χ2v) is 11.6. The van der Waals surface area contributed by atoms with Crippen molar-refractivity contribution in [1.29, 1.82) is 0 Å². The van der Waals surface area contributed by atoms with Crippen molar-refractivity contribution in [1.82, 2.24) is 17.8 Å². The monoisotopic (exact) mass is 458 g/mol. The van der Waals surface area contributed by atoms with Gasteiger partial charge in [0.2, 0.25) is 15.9 Å². The van der Waals surface area contributed by atoms with Gasteiger partial charge in [-0.05, 0) is 25.0 Å². The lowest BCUT2D eigenvalue weighted by Crippen LogP contribution is -2.55. The maximum atomic E-state index is 12.9. The fourth-order valence-electron chi connectivity index (χ4n) is 3.75. The molecule has 0 aliphatic carbocycles. The van der Waals surface area contributed by atoms with Crippen LogP contribution in [0.5, 0.6) is 0 Å².